The van der Waals surface area contributed by atoms with Gasteiger partial charge in [-0.25, -0.2) is 5.10 Å². The summed E-state index contributed by atoms with van der Waals surface area (Å²) in [6.45, 7) is -3.66. The Bertz CT molecular complexity index is 523. The molecule has 0 amide bonds. The van der Waals surface area contributed by atoms with Gasteiger partial charge in [-0.05, 0) is 17.3 Å². The summed E-state index contributed by atoms with van der Waals surface area (Å²) in [5.41, 5.74) is -3.02. The van der Waals surface area contributed by atoms with Crippen molar-refractivity contribution in [2.45, 2.75) is 31.7 Å². The summed E-state index contributed by atoms with van der Waals surface area (Å²) in [7, 11) is 0. The van der Waals surface area contributed by atoms with Crippen LogP contribution < -0.4 is 10.3 Å². The fourth-order valence-corrected chi connectivity index (χ4v) is 2.02. The highest BCUT2D eigenvalue weighted by Gasteiger charge is 2.38. The first kappa shape index (κ1) is 19.1. The van der Waals surface area contributed by atoms with Gasteiger partial charge >= 0.3 is 12.8 Å². The second-order valence-corrected chi connectivity index (χ2v) is 5.18. The van der Waals surface area contributed by atoms with Gasteiger partial charge in [0.2, 0.25) is 0 Å². The first-order valence-electron chi connectivity index (χ1n) is 6.03. The zero-order chi connectivity index (χ0) is 16.8. The molecule has 1 atom stereocenters. The van der Waals surface area contributed by atoms with Gasteiger partial charge in [0.1, 0.15) is 6.10 Å². The largest absolute Gasteiger partial charge is 0.485 e. The van der Waals surface area contributed by atoms with Crippen molar-refractivity contribution in [3.8, 4) is 5.75 Å². The first-order chi connectivity index (χ1) is 10.3. The molecule has 1 N–H and O–H groups in total. The second kappa shape index (κ2) is 8.60. The molecule has 1 aromatic heterocycles. The highest BCUT2D eigenvalue weighted by molar-refractivity contribution is 14.1. The van der Waals surface area contributed by atoms with Gasteiger partial charge in [0.05, 0.1) is 12.8 Å². The van der Waals surface area contributed by atoms with E-state index in [9.17, 15) is 26.7 Å². The monoisotopic (exact) mass is 442 g/mol. The van der Waals surface area contributed by atoms with E-state index in [2.05, 4.69) is 9.84 Å². The second-order valence-electron chi connectivity index (χ2n) is 4.10. The quantitative estimate of drug-likeness (QED) is 0.382. The third-order valence-corrected chi connectivity index (χ3v) is 3.23. The number of hydrogen-bond acceptors (Lipinski definition) is 4. The van der Waals surface area contributed by atoms with Gasteiger partial charge in [-0.15, -0.1) is 0 Å². The van der Waals surface area contributed by atoms with Crippen molar-refractivity contribution in [2.75, 3.05) is 11.0 Å². The van der Waals surface area contributed by atoms with Gasteiger partial charge in [-0.1, -0.05) is 22.6 Å². The Morgan fingerprint density at radius 3 is 2.59 bits per heavy atom. The van der Waals surface area contributed by atoms with Crippen molar-refractivity contribution in [1.29, 1.82) is 0 Å². The van der Waals surface area contributed by atoms with Crippen LogP contribution in [0.4, 0.5) is 22.0 Å². The van der Waals surface area contributed by atoms with Crippen LogP contribution in [0.1, 0.15) is 18.4 Å². The van der Waals surface area contributed by atoms with Gasteiger partial charge in [-0.3, -0.25) is 4.79 Å². The fourth-order valence-electron chi connectivity index (χ4n) is 1.58. The molecule has 1 rings (SSSR count). The van der Waals surface area contributed by atoms with Crippen molar-refractivity contribution in [3.63, 3.8) is 0 Å². The maximum absolute atomic E-state index is 12.8. The molecule has 0 fully saturated rings. The van der Waals surface area contributed by atoms with Crippen LogP contribution in [0, 0.1) is 0 Å². The highest BCUT2D eigenvalue weighted by atomic mass is 127. The van der Waals surface area contributed by atoms with Crippen molar-refractivity contribution >= 4 is 22.6 Å². The Morgan fingerprint density at radius 1 is 1.36 bits per heavy atom. The number of aromatic amines is 1. The first-order valence-corrected chi connectivity index (χ1v) is 7.55. The smallest absolute Gasteiger partial charge is 0.425 e. The normalized spacial score (nSPS) is 13.4. The summed E-state index contributed by atoms with van der Waals surface area (Å²) >= 11 is 2.03. The minimum Gasteiger partial charge on any atom is -0.485 e. The van der Waals surface area contributed by atoms with Crippen LogP contribution in [-0.4, -0.2) is 33.9 Å². The van der Waals surface area contributed by atoms with Gasteiger partial charge in [0, 0.05) is 0 Å². The van der Waals surface area contributed by atoms with E-state index in [-0.39, 0.29) is 6.42 Å². The minimum atomic E-state index is -4.96. The van der Waals surface area contributed by atoms with E-state index < -0.39 is 42.4 Å². The fraction of sp³-hybridized carbons (Fsp3) is 0.636. The molecular formula is C11H12F5IN2O3. The molecule has 0 bridgehead atoms. The minimum absolute atomic E-state index is 0.194. The zero-order valence-electron chi connectivity index (χ0n) is 11.0. The number of ether oxygens (including phenoxy) is 2. The van der Waals surface area contributed by atoms with Crippen LogP contribution in [0.25, 0.3) is 0 Å². The lowest BCUT2D eigenvalue weighted by molar-refractivity contribution is -0.150. The van der Waals surface area contributed by atoms with Gasteiger partial charge in [0.25, 0.3) is 5.56 Å². The molecule has 0 saturated heterocycles. The van der Waals surface area contributed by atoms with E-state index in [0.717, 1.165) is 0 Å². The third kappa shape index (κ3) is 6.02. The van der Waals surface area contributed by atoms with Crippen LogP contribution in [0.3, 0.4) is 0 Å². The number of rotatable bonds is 8. The molecule has 1 aromatic rings. The molecule has 0 aromatic carbocycles. The summed E-state index contributed by atoms with van der Waals surface area (Å²) in [6, 6.07) is 0. The predicted molar refractivity (Wildman–Crippen MR) is 74.4 cm³/mol. The Kier molecular flexibility index (Phi) is 7.45. The Labute approximate surface area is 135 Å². The molecule has 126 valence electrons. The SMILES string of the molecule is O=c1[nH]ncc(OC(CCCI)COC(F)F)c1C(F)(F)F. The maximum atomic E-state index is 12.8. The Hall–Kier alpha value is -0.980. The van der Waals surface area contributed by atoms with Gasteiger partial charge in [0.15, 0.2) is 11.3 Å². The molecule has 22 heavy (non-hydrogen) atoms. The summed E-state index contributed by atoms with van der Waals surface area (Å²) < 4.78 is 72.4. The van der Waals surface area contributed by atoms with Crippen molar-refractivity contribution in [2.24, 2.45) is 0 Å². The van der Waals surface area contributed by atoms with Crippen LogP contribution in [-0.2, 0) is 10.9 Å². The van der Waals surface area contributed by atoms with E-state index in [4.69, 9.17) is 4.74 Å². The molecule has 0 aliphatic carbocycles. The lowest BCUT2D eigenvalue weighted by Crippen LogP contribution is -2.29. The standard InChI is InChI=1S/C11H12F5IN2O3/c12-10(13)21-5-6(2-1-3-17)22-7-4-18-19-9(20)8(7)11(14,15)16/h4,6,10H,1-3,5H2,(H,19,20). The van der Waals surface area contributed by atoms with Crippen molar-refractivity contribution in [3.05, 3.63) is 22.1 Å². The van der Waals surface area contributed by atoms with Crippen molar-refractivity contribution < 1.29 is 31.4 Å². The van der Waals surface area contributed by atoms with E-state index in [1.54, 1.807) is 5.10 Å². The molecule has 5 nitrogen and oxygen atoms in total. The molecule has 0 aliphatic heterocycles. The number of nitrogens with one attached hydrogen (secondary N) is 1. The van der Waals surface area contributed by atoms with Gasteiger partial charge < -0.3 is 9.47 Å². The van der Waals surface area contributed by atoms with Crippen LogP contribution in [0.2, 0.25) is 0 Å². The van der Waals surface area contributed by atoms with Gasteiger partial charge in [-0.2, -0.15) is 27.1 Å². The predicted octanol–water partition coefficient (Wildman–Crippen LogP) is 2.99. The molecule has 1 unspecified atom stereocenters. The van der Waals surface area contributed by atoms with E-state index in [0.29, 0.717) is 17.0 Å². The van der Waals surface area contributed by atoms with E-state index in [1.807, 2.05) is 22.6 Å². The highest BCUT2D eigenvalue weighted by Crippen LogP contribution is 2.33. The van der Waals surface area contributed by atoms with E-state index >= 15 is 0 Å². The average molecular weight is 442 g/mol. The van der Waals surface area contributed by atoms with E-state index in [1.165, 1.54) is 0 Å². The number of alkyl halides is 6. The summed E-state index contributed by atoms with van der Waals surface area (Å²) in [6.07, 6.45) is -4.60. The Morgan fingerprint density at radius 2 is 2.05 bits per heavy atom. The number of halogens is 6. The number of H-pyrrole nitrogens is 1. The molecule has 1 heterocycles. The Balaban J connectivity index is 2.97. The molecular weight excluding hydrogens is 430 g/mol. The molecule has 0 aliphatic rings. The molecule has 11 heteroatoms. The van der Waals surface area contributed by atoms with Crippen LogP contribution in [0.5, 0.6) is 5.75 Å². The lowest BCUT2D eigenvalue weighted by Gasteiger charge is -2.20. The third-order valence-electron chi connectivity index (χ3n) is 2.47. The van der Waals surface area contributed by atoms with Crippen LogP contribution >= 0.6 is 22.6 Å². The molecule has 0 radical (unpaired) electrons. The zero-order valence-corrected chi connectivity index (χ0v) is 13.2. The number of nitrogens with zero attached hydrogens (tertiary/aromatic N) is 1. The number of aromatic nitrogens is 2. The van der Waals surface area contributed by atoms with Crippen LogP contribution in [0.15, 0.2) is 11.0 Å². The van der Waals surface area contributed by atoms with Crippen molar-refractivity contribution in [1.82, 2.24) is 10.2 Å². The molecule has 0 saturated carbocycles. The average Bonchev–Trinajstić information content (AvgIpc) is 2.40. The summed E-state index contributed by atoms with van der Waals surface area (Å²) in [4.78, 5) is 11.3. The topological polar surface area (TPSA) is 64.2 Å². The number of hydrogen-bond donors (Lipinski definition) is 1. The summed E-state index contributed by atoms with van der Waals surface area (Å²) in [5.74, 6) is -0.812. The molecule has 0 spiro atoms. The maximum Gasteiger partial charge on any atom is 0.425 e. The summed E-state index contributed by atoms with van der Waals surface area (Å²) in [5, 5.41) is 4.89. The lowest BCUT2D eigenvalue weighted by atomic mass is 10.2.